The molecule has 3 atom stereocenters. The molecule has 0 amide bonds. The number of nitriles is 1. The fourth-order valence-electron chi connectivity index (χ4n) is 4.99. The Morgan fingerprint density at radius 1 is 1.14 bits per heavy atom. The van der Waals surface area contributed by atoms with E-state index >= 15 is 4.39 Å². The van der Waals surface area contributed by atoms with Gasteiger partial charge in [0, 0.05) is 48.1 Å². The van der Waals surface area contributed by atoms with Gasteiger partial charge in [0.25, 0.3) is 0 Å². The summed E-state index contributed by atoms with van der Waals surface area (Å²) in [6, 6.07) is 16.9. The lowest BCUT2D eigenvalue weighted by Crippen LogP contribution is -2.39. The van der Waals surface area contributed by atoms with Gasteiger partial charge in [-0.05, 0) is 34.9 Å². The van der Waals surface area contributed by atoms with E-state index in [-0.39, 0.29) is 36.1 Å². The maximum absolute atomic E-state index is 15.5. The van der Waals surface area contributed by atoms with E-state index in [1.807, 2.05) is 6.07 Å². The van der Waals surface area contributed by atoms with Crippen molar-refractivity contribution < 1.29 is 33.3 Å². The molecule has 43 heavy (non-hydrogen) atoms. The minimum Gasteiger partial charge on any atom is -0.488 e. The largest absolute Gasteiger partial charge is 0.488 e. The number of alkyl halides is 1. The third kappa shape index (κ3) is 6.60. The average molecular weight is 606 g/mol. The zero-order valence-electron chi connectivity index (χ0n) is 22.6. The van der Waals surface area contributed by atoms with Crippen molar-refractivity contribution in [3.8, 4) is 28.7 Å². The number of aromatic nitrogens is 1. The smallest absolute Gasteiger partial charge is 0.323 e. The number of aliphatic carboxylic acids is 1. The third-order valence-electron chi connectivity index (χ3n) is 7.12. The Balaban J connectivity index is 1.46. The van der Waals surface area contributed by atoms with Crippen molar-refractivity contribution in [2.75, 3.05) is 6.61 Å². The van der Waals surface area contributed by atoms with Crippen LogP contribution in [0.4, 0.5) is 8.78 Å². The second-order valence-corrected chi connectivity index (χ2v) is 10.3. The van der Waals surface area contributed by atoms with Crippen LogP contribution in [-0.4, -0.2) is 40.0 Å². The van der Waals surface area contributed by atoms with Gasteiger partial charge in [0.15, 0.2) is 6.10 Å². The van der Waals surface area contributed by atoms with Crippen molar-refractivity contribution in [2.45, 2.75) is 37.9 Å². The molecular formula is C32H26ClF2N3O5. The number of rotatable bonds is 11. The second kappa shape index (κ2) is 13.2. The molecule has 0 radical (unpaired) electrons. The Kier molecular flexibility index (Phi) is 9.16. The number of fused-ring (bicyclic) bond motifs is 1. The van der Waals surface area contributed by atoms with Gasteiger partial charge in [0.1, 0.15) is 42.2 Å². The van der Waals surface area contributed by atoms with E-state index in [9.17, 15) is 24.7 Å². The first kappa shape index (κ1) is 29.9. The maximum atomic E-state index is 15.5. The van der Waals surface area contributed by atoms with Crippen LogP contribution < -0.4 is 14.8 Å². The van der Waals surface area contributed by atoms with Crippen LogP contribution in [0, 0.1) is 17.1 Å². The van der Waals surface area contributed by atoms with Crippen molar-refractivity contribution >= 4 is 17.6 Å². The van der Waals surface area contributed by atoms with Gasteiger partial charge < -0.3 is 19.7 Å². The molecule has 8 nitrogen and oxygen atoms in total. The number of nitrogens with zero attached hydrogens (tertiary/aromatic N) is 2. The first-order chi connectivity index (χ1) is 20.8. The number of ether oxygens (including phenoxy) is 2. The van der Waals surface area contributed by atoms with Crippen LogP contribution in [0.5, 0.6) is 11.5 Å². The predicted molar refractivity (Wildman–Crippen MR) is 154 cm³/mol. The summed E-state index contributed by atoms with van der Waals surface area (Å²) in [5.41, 5.74) is 3.58. The van der Waals surface area contributed by atoms with E-state index in [4.69, 9.17) is 21.1 Å². The lowest BCUT2D eigenvalue weighted by atomic mass is 9.96. The molecule has 1 aliphatic carbocycles. The summed E-state index contributed by atoms with van der Waals surface area (Å²) in [5, 5.41) is 30.7. The maximum Gasteiger partial charge on any atom is 0.323 e. The van der Waals surface area contributed by atoms with Crippen LogP contribution in [0.2, 0.25) is 5.02 Å². The first-order valence-corrected chi connectivity index (χ1v) is 13.7. The number of carbonyl (C=O) groups is 1. The van der Waals surface area contributed by atoms with Gasteiger partial charge in [-0.1, -0.05) is 48.0 Å². The number of hydrogen-bond donors (Lipinski definition) is 3. The van der Waals surface area contributed by atoms with Crippen LogP contribution in [0.1, 0.15) is 33.9 Å². The number of halogens is 3. The van der Waals surface area contributed by atoms with E-state index in [1.165, 1.54) is 30.6 Å². The molecule has 0 saturated carbocycles. The van der Waals surface area contributed by atoms with Gasteiger partial charge in [-0.2, -0.15) is 5.26 Å². The number of aliphatic hydroxyl groups excluding tert-OH is 1. The molecule has 1 heterocycles. The summed E-state index contributed by atoms with van der Waals surface area (Å²) in [5.74, 6) is -1.27. The molecule has 0 fully saturated rings. The Bertz CT molecular complexity index is 1700. The van der Waals surface area contributed by atoms with Crippen LogP contribution in [0.15, 0.2) is 73.1 Å². The lowest BCUT2D eigenvalue weighted by molar-refractivity contribution is -0.140. The molecule has 0 spiro atoms. The molecule has 0 bridgehead atoms. The lowest BCUT2D eigenvalue weighted by Gasteiger charge is -2.21. The molecule has 1 aromatic heterocycles. The molecule has 3 aromatic carbocycles. The van der Waals surface area contributed by atoms with Crippen molar-refractivity contribution in [1.82, 2.24) is 10.3 Å². The van der Waals surface area contributed by atoms with Crippen molar-refractivity contribution in [3.63, 3.8) is 0 Å². The molecule has 0 unspecified atom stereocenters. The van der Waals surface area contributed by atoms with E-state index in [0.717, 1.165) is 0 Å². The summed E-state index contributed by atoms with van der Waals surface area (Å²) in [6.45, 7) is -0.669. The number of nitrogens with one attached hydrogen (secondary N) is 1. The highest BCUT2D eigenvalue weighted by Gasteiger charge is 2.37. The number of pyridine rings is 1. The molecule has 1 aliphatic rings. The number of aliphatic hydroxyl groups is 1. The first-order valence-electron chi connectivity index (χ1n) is 13.3. The standard InChI is InChI=1S/C32H26ClF2N3O5/c33-25-9-20(15-38-28(16-39)32(40)41)29(42-17-19-8-18(12-36)13-37-14-19)11-30(25)43-31-23-6-3-5-21(24(23)10-27(31)35)22-4-1-2-7-26(22)34/h1-9,11,13-14,27-28,31,38-39H,10,15-17H2,(H,40,41)/t27-,28+,31-/m1/s1. The fraction of sp³-hybridized carbons (Fsp3) is 0.219. The van der Waals surface area contributed by atoms with Gasteiger partial charge in [-0.25, -0.2) is 8.78 Å². The number of carboxylic acid groups (broad SMARTS) is 1. The molecule has 5 rings (SSSR count). The topological polar surface area (TPSA) is 125 Å². The predicted octanol–water partition coefficient (Wildman–Crippen LogP) is 5.54. The normalized spacial score (nSPS) is 16.3. The summed E-state index contributed by atoms with van der Waals surface area (Å²) >= 11 is 6.58. The molecule has 0 aliphatic heterocycles. The van der Waals surface area contributed by atoms with Crippen LogP contribution in [0.3, 0.4) is 0 Å². The highest BCUT2D eigenvalue weighted by atomic mass is 35.5. The van der Waals surface area contributed by atoms with E-state index < -0.39 is 36.7 Å². The van der Waals surface area contributed by atoms with E-state index in [1.54, 1.807) is 42.5 Å². The Morgan fingerprint density at radius 3 is 2.67 bits per heavy atom. The molecule has 3 N–H and O–H groups in total. The second-order valence-electron chi connectivity index (χ2n) is 9.94. The Labute approximate surface area is 251 Å². The summed E-state index contributed by atoms with van der Waals surface area (Å²) in [4.78, 5) is 15.4. The third-order valence-corrected chi connectivity index (χ3v) is 7.41. The minimum absolute atomic E-state index is 0.00293. The summed E-state index contributed by atoms with van der Waals surface area (Å²) in [6.07, 6.45) is 0.504. The molecule has 0 saturated heterocycles. The highest BCUT2D eigenvalue weighted by Crippen LogP contribution is 2.44. The quantitative estimate of drug-likeness (QED) is 0.204. The van der Waals surface area contributed by atoms with Crippen LogP contribution in [0.25, 0.3) is 11.1 Å². The van der Waals surface area contributed by atoms with E-state index in [0.29, 0.717) is 38.9 Å². The van der Waals surface area contributed by atoms with Crippen LogP contribution >= 0.6 is 11.6 Å². The monoisotopic (exact) mass is 605 g/mol. The summed E-state index contributed by atoms with van der Waals surface area (Å²) < 4.78 is 42.3. The minimum atomic E-state index is -1.44. The molecule has 4 aromatic rings. The Hall–Kier alpha value is -4.56. The van der Waals surface area contributed by atoms with Gasteiger partial charge in [-0.3, -0.25) is 15.1 Å². The highest BCUT2D eigenvalue weighted by molar-refractivity contribution is 6.32. The van der Waals surface area contributed by atoms with Gasteiger partial charge >= 0.3 is 5.97 Å². The number of carboxylic acids is 1. The average Bonchev–Trinajstić information content (AvgIpc) is 3.32. The summed E-state index contributed by atoms with van der Waals surface area (Å²) in [7, 11) is 0. The molecule has 220 valence electrons. The van der Waals surface area contributed by atoms with Crippen molar-refractivity contribution in [2.24, 2.45) is 0 Å². The van der Waals surface area contributed by atoms with Gasteiger partial charge in [-0.15, -0.1) is 0 Å². The van der Waals surface area contributed by atoms with Crippen molar-refractivity contribution in [1.29, 1.82) is 5.26 Å². The number of hydrogen-bond acceptors (Lipinski definition) is 7. The van der Waals surface area contributed by atoms with Crippen molar-refractivity contribution in [3.05, 3.63) is 112 Å². The molecule has 11 heteroatoms. The zero-order valence-corrected chi connectivity index (χ0v) is 23.4. The van der Waals surface area contributed by atoms with Gasteiger partial charge in [0.2, 0.25) is 0 Å². The Morgan fingerprint density at radius 2 is 1.93 bits per heavy atom. The number of benzene rings is 3. The van der Waals surface area contributed by atoms with Gasteiger partial charge in [0.05, 0.1) is 17.2 Å². The van der Waals surface area contributed by atoms with E-state index in [2.05, 4.69) is 10.3 Å². The zero-order chi connectivity index (χ0) is 30.5. The molecular weight excluding hydrogens is 580 g/mol. The SMILES string of the molecule is N#Cc1cncc(COc2cc(O[C@@H]3c4cccc(-c5ccccc5F)c4C[C@H]3F)c(Cl)cc2CN[C@@H](CO)C(=O)O)c1. The van der Waals surface area contributed by atoms with Crippen LogP contribution in [-0.2, 0) is 24.4 Å². The fourth-order valence-corrected chi connectivity index (χ4v) is 5.22.